The van der Waals surface area contributed by atoms with Gasteiger partial charge in [0, 0.05) is 0 Å². The number of rotatable bonds is 9. The van der Waals surface area contributed by atoms with E-state index in [2.05, 4.69) is 25.5 Å². The normalized spacial score (nSPS) is 10.4. The Kier molecular flexibility index (Phi) is 7.31. The van der Waals surface area contributed by atoms with Gasteiger partial charge in [0.1, 0.15) is 0 Å². The molecule has 0 spiro atoms. The summed E-state index contributed by atoms with van der Waals surface area (Å²) in [5, 5.41) is 0. The lowest BCUT2D eigenvalue weighted by Gasteiger charge is -2.09. The molecule has 1 rings (SSSR count). The van der Waals surface area contributed by atoms with Crippen molar-refractivity contribution in [2.24, 2.45) is 0 Å². The third kappa shape index (κ3) is 4.99. The maximum atomic E-state index is 5.30. The van der Waals surface area contributed by atoms with Gasteiger partial charge in [0.05, 0.1) is 14.2 Å². The molecule has 0 fully saturated rings. The van der Waals surface area contributed by atoms with E-state index in [0.29, 0.717) is 0 Å². The molecule has 0 bridgehead atoms. The first-order valence-electron chi connectivity index (χ1n) is 6.84. The zero-order chi connectivity index (χ0) is 13.2. The highest BCUT2D eigenvalue weighted by atomic mass is 16.5. The Morgan fingerprint density at radius 2 is 1.78 bits per heavy atom. The number of methoxy groups -OCH3 is 2. The van der Waals surface area contributed by atoms with Gasteiger partial charge in [0.2, 0.25) is 0 Å². The molecule has 1 aromatic rings. The lowest BCUT2D eigenvalue weighted by atomic mass is 10.0. The van der Waals surface area contributed by atoms with E-state index >= 15 is 0 Å². The van der Waals surface area contributed by atoms with E-state index in [1.54, 1.807) is 14.2 Å². The summed E-state index contributed by atoms with van der Waals surface area (Å²) in [6, 6.07) is 6.13. The van der Waals surface area contributed by atoms with Crippen molar-refractivity contribution < 1.29 is 9.47 Å². The number of hydrogen-bond donors (Lipinski definition) is 0. The van der Waals surface area contributed by atoms with Crippen molar-refractivity contribution in [3.05, 3.63) is 30.2 Å². The smallest absolute Gasteiger partial charge is 0.160 e. The molecule has 0 aromatic heterocycles. The van der Waals surface area contributed by atoms with Crippen LogP contribution in [-0.2, 0) is 6.42 Å². The Bertz CT molecular complexity index is 334. The SMILES string of the molecule is CCCCCC[CH]Cc1ccc(OC)c(OC)c1. The van der Waals surface area contributed by atoms with Gasteiger partial charge in [-0.05, 0) is 37.0 Å². The third-order valence-electron chi connectivity index (χ3n) is 3.09. The van der Waals surface area contributed by atoms with E-state index in [-0.39, 0.29) is 0 Å². The molecule has 0 amide bonds. The molecule has 1 radical (unpaired) electrons. The van der Waals surface area contributed by atoms with Gasteiger partial charge in [-0.3, -0.25) is 0 Å². The van der Waals surface area contributed by atoms with Crippen LogP contribution in [0.15, 0.2) is 18.2 Å². The maximum absolute atomic E-state index is 5.30. The summed E-state index contributed by atoms with van der Waals surface area (Å²) in [7, 11) is 3.34. The van der Waals surface area contributed by atoms with Crippen LogP contribution in [0, 0.1) is 6.42 Å². The summed E-state index contributed by atoms with van der Waals surface area (Å²) in [6.45, 7) is 2.24. The summed E-state index contributed by atoms with van der Waals surface area (Å²) in [5.41, 5.74) is 1.28. The van der Waals surface area contributed by atoms with Crippen molar-refractivity contribution in [2.45, 2.75) is 45.4 Å². The topological polar surface area (TPSA) is 18.5 Å². The Labute approximate surface area is 111 Å². The number of hydrogen-bond acceptors (Lipinski definition) is 2. The average molecular weight is 249 g/mol. The van der Waals surface area contributed by atoms with Gasteiger partial charge in [0.25, 0.3) is 0 Å². The second-order valence-corrected chi connectivity index (χ2v) is 4.53. The van der Waals surface area contributed by atoms with Crippen LogP contribution in [0.25, 0.3) is 0 Å². The van der Waals surface area contributed by atoms with Crippen molar-refractivity contribution >= 4 is 0 Å². The van der Waals surface area contributed by atoms with E-state index in [1.807, 2.05) is 6.07 Å². The fourth-order valence-electron chi connectivity index (χ4n) is 1.99. The fourth-order valence-corrected chi connectivity index (χ4v) is 1.99. The summed E-state index contributed by atoms with van der Waals surface area (Å²) in [5.74, 6) is 1.61. The molecule has 0 saturated heterocycles. The number of benzene rings is 1. The number of ether oxygens (including phenoxy) is 2. The van der Waals surface area contributed by atoms with Gasteiger partial charge >= 0.3 is 0 Å². The van der Waals surface area contributed by atoms with Gasteiger partial charge in [-0.25, -0.2) is 0 Å². The van der Waals surface area contributed by atoms with E-state index in [4.69, 9.17) is 9.47 Å². The van der Waals surface area contributed by atoms with Gasteiger partial charge in [-0.1, -0.05) is 38.7 Å². The third-order valence-corrected chi connectivity index (χ3v) is 3.09. The van der Waals surface area contributed by atoms with Gasteiger partial charge in [0.15, 0.2) is 11.5 Å². The van der Waals surface area contributed by atoms with Crippen molar-refractivity contribution in [2.75, 3.05) is 14.2 Å². The van der Waals surface area contributed by atoms with E-state index in [0.717, 1.165) is 17.9 Å². The van der Waals surface area contributed by atoms with E-state index in [9.17, 15) is 0 Å². The second-order valence-electron chi connectivity index (χ2n) is 4.53. The largest absolute Gasteiger partial charge is 0.493 e. The van der Waals surface area contributed by atoms with Crippen molar-refractivity contribution in [1.82, 2.24) is 0 Å². The quantitative estimate of drug-likeness (QED) is 0.603. The van der Waals surface area contributed by atoms with Crippen LogP contribution in [0.3, 0.4) is 0 Å². The molecule has 101 valence electrons. The van der Waals surface area contributed by atoms with Crippen molar-refractivity contribution in [1.29, 1.82) is 0 Å². The average Bonchev–Trinajstić information content (AvgIpc) is 2.42. The standard InChI is InChI=1S/C16H25O2/c1-4-5-6-7-8-9-10-14-11-12-15(17-2)16(13-14)18-3/h9,11-13H,4-8,10H2,1-3H3. The minimum atomic E-state index is 0.796. The summed E-state index contributed by atoms with van der Waals surface area (Å²) in [4.78, 5) is 0. The second kappa shape index (κ2) is 8.84. The predicted molar refractivity (Wildman–Crippen MR) is 76.3 cm³/mol. The van der Waals surface area contributed by atoms with Crippen molar-refractivity contribution in [3.8, 4) is 11.5 Å². The number of unbranched alkanes of at least 4 members (excludes halogenated alkanes) is 5. The Morgan fingerprint density at radius 3 is 2.44 bits per heavy atom. The molecular formula is C16H25O2. The molecule has 2 nitrogen and oxygen atoms in total. The Hall–Kier alpha value is -1.18. The molecule has 1 aromatic carbocycles. The minimum Gasteiger partial charge on any atom is -0.493 e. The van der Waals surface area contributed by atoms with Gasteiger partial charge in [-0.2, -0.15) is 0 Å². The van der Waals surface area contributed by atoms with E-state index < -0.39 is 0 Å². The fraction of sp³-hybridized carbons (Fsp3) is 0.562. The van der Waals surface area contributed by atoms with Crippen molar-refractivity contribution in [3.63, 3.8) is 0 Å². The summed E-state index contributed by atoms with van der Waals surface area (Å²) in [6.07, 6.45) is 9.87. The molecule has 0 aliphatic carbocycles. The highest BCUT2D eigenvalue weighted by Crippen LogP contribution is 2.28. The molecule has 2 heteroatoms. The van der Waals surface area contributed by atoms with Crippen LogP contribution in [0.4, 0.5) is 0 Å². The molecule has 0 atom stereocenters. The zero-order valence-corrected chi connectivity index (χ0v) is 11.9. The first kappa shape index (κ1) is 14.9. The van der Waals surface area contributed by atoms with Crippen LogP contribution < -0.4 is 9.47 Å². The molecule has 0 N–H and O–H groups in total. The van der Waals surface area contributed by atoms with Gasteiger partial charge < -0.3 is 9.47 Å². The first-order valence-corrected chi connectivity index (χ1v) is 6.84. The highest BCUT2D eigenvalue weighted by Gasteiger charge is 2.04. The monoisotopic (exact) mass is 249 g/mol. The maximum Gasteiger partial charge on any atom is 0.160 e. The van der Waals surface area contributed by atoms with Crippen LogP contribution in [0.2, 0.25) is 0 Å². The molecule has 18 heavy (non-hydrogen) atoms. The van der Waals surface area contributed by atoms with Crippen LogP contribution in [0.1, 0.15) is 44.6 Å². The Morgan fingerprint density at radius 1 is 1.00 bits per heavy atom. The minimum absolute atomic E-state index is 0.796. The molecule has 0 heterocycles. The predicted octanol–water partition coefficient (Wildman–Crippen LogP) is 4.42. The summed E-state index contributed by atoms with van der Waals surface area (Å²) >= 11 is 0. The molecule has 0 aliphatic heterocycles. The Balaban J connectivity index is 2.34. The van der Waals surface area contributed by atoms with Gasteiger partial charge in [-0.15, -0.1) is 0 Å². The highest BCUT2D eigenvalue weighted by molar-refractivity contribution is 5.43. The lowest BCUT2D eigenvalue weighted by molar-refractivity contribution is 0.354. The van der Waals surface area contributed by atoms with Crippen LogP contribution in [-0.4, -0.2) is 14.2 Å². The van der Waals surface area contributed by atoms with E-state index in [1.165, 1.54) is 37.7 Å². The summed E-state index contributed by atoms with van der Waals surface area (Å²) < 4.78 is 10.5. The first-order chi connectivity index (χ1) is 8.81. The molecule has 0 unspecified atom stereocenters. The molecule has 0 aliphatic rings. The molecular weight excluding hydrogens is 224 g/mol. The van der Waals surface area contributed by atoms with Crippen LogP contribution in [0.5, 0.6) is 11.5 Å². The zero-order valence-electron chi connectivity index (χ0n) is 11.9. The van der Waals surface area contributed by atoms with Crippen LogP contribution >= 0.6 is 0 Å². The molecule has 0 saturated carbocycles. The lowest BCUT2D eigenvalue weighted by Crippen LogP contribution is -1.93.